The summed E-state index contributed by atoms with van der Waals surface area (Å²) in [6.45, 7) is 2.87. The van der Waals surface area contributed by atoms with E-state index >= 15 is 0 Å². The van der Waals surface area contributed by atoms with E-state index in [2.05, 4.69) is 20.5 Å². The van der Waals surface area contributed by atoms with E-state index in [9.17, 15) is 4.79 Å². The van der Waals surface area contributed by atoms with Gasteiger partial charge < -0.3 is 19.1 Å². The number of rotatable bonds is 4. The number of para-hydroxylation sites is 1. The zero-order valence-electron chi connectivity index (χ0n) is 18.4. The Morgan fingerprint density at radius 1 is 0.906 bits per heavy atom. The molecule has 6 nitrogen and oxygen atoms in total. The number of carbonyl (C=O) groups excluding carboxylic acids is 1. The molecule has 3 heterocycles. The van der Waals surface area contributed by atoms with E-state index in [1.807, 2.05) is 78.8 Å². The summed E-state index contributed by atoms with van der Waals surface area (Å²) in [4.78, 5) is 22.5. The Kier molecular flexibility index (Phi) is 5.27. The highest BCUT2D eigenvalue weighted by molar-refractivity contribution is 6.12. The summed E-state index contributed by atoms with van der Waals surface area (Å²) in [5, 5.41) is 0.984. The zero-order chi connectivity index (χ0) is 22.1. The molecule has 1 amide bonds. The fraction of sp³-hybridized carbons (Fsp3) is 0.231. The minimum Gasteiger partial charge on any atom is -0.497 e. The summed E-state index contributed by atoms with van der Waals surface area (Å²) in [5.41, 5.74) is 3.75. The number of hydrogen-bond acceptors (Lipinski definition) is 4. The number of carbonyl (C=O) groups is 1. The van der Waals surface area contributed by atoms with Crippen LogP contribution in [-0.2, 0) is 7.05 Å². The van der Waals surface area contributed by atoms with Gasteiger partial charge in [0.1, 0.15) is 11.6 Å². The molecular weight excluding hydrogens is 400 g/mol. The Balaban J connectivity index is 1.50. The zero-order valence-corrected chi connectivity index (χ0v) is 18.4. The van der Waals surface area contributed by atoms with Gasteiger partial charge in [0.2, 0.25) is 0 Å². The van der Waals surface area contributed by atoms with Gasteiger partial charge >= 0.3 is 0 Å². The molecule has 0 N–H and O–H groups in total. The minimum atomic E-state index is 0.0771. The Hall–Kier alpha value is -3.80. The van der Waals surface area contributed by atoms with Gasteiger partial charge in [0.15, 0.2) is 0 Å². The second-order valence-electron chi connectivity index (χ2n) is 8.00. The number of ether oxygens (including phenoxy) is 1. The quantitative estimate of drug-likeness (QED) is 0.491. The Bertz CT molecular complexity index is 1240. The lowest BCUT2D eigenvalue weighted by molar-refractivity contribution is 0.0749. The third-order valence-electron chi connectivity index (χ3n) is 6.22. The molecule has 1 aliphatic rings. The topological polar surface area (TPSA) is 50.6 Å². The summed E-state index contributed by atoms with van der Waals surface area (Å²) in [5.74, 6) is 1.84. The molecule has 5 rings (SSSR count). The van der Waals surface area contributed by atoms with Gasteiger partial charge in [0.05, 0.1) is 18.4 Å². The summed E-state index contributed by atoms with van der Waals surface area (Å²) < 4.78 is 7.44. The number of aromatic nitrogens is 2. The van der Waals surface area contributed by atoms with Crippen LogP contribution in [0.3, 0.4) is 0 Å². The monoisotopic (exact) mass is 426 g/mol. The number of nitrogens with zero attached hydrogens (tertiary/aromatic N) is 4. The van der Waals surface area contributed by atoms with Gasteiger partial charge in [-0.3, -0.25) is 4.79 Å². The molecule has 1 saturated heterocycles. The molecule has 32 heavy (non-hydrogen) atoms. The van der Waals surface area contributed by atoms with Crippen molar-refractivity contribution in [2.24, 2.45) is 7.05 Å². The molecule has 0 unspecified atom stereocenters. The van der Waals surface area contributed by atoms with Crippen molar-refractivity contribution in [1.29, 1.82) is 0 Å². The molecule has 0 aliphatic carbocycles. The van der Waals surface area contributed by atoms with Gasteiger partial charge in [-0.25, -0.2) is 4.98 Å². The van der Waals surface area contributed by atoms with Gasteiger partial charge in [-0.15, -0.1) is 0 Å². The first-order chi connectivity index (χ1) is 15.7. The fourth-order valence-electron chi connectivity index (χ4n) is 4.53. The van der Waals surface area contributed by atoms with E-state index in [4.69, 9.17) is 4.74 Å². The molecule has 2 aromatic carbocycles. The molecule has 4 aromatic rings. The van der Waals surface area contributed by atoms with Crippen molar-refractivity contribution >= 4 is 22.6 Å². The lowest BCUT2D eigenvalue weighted by atomic mass is 10.0. The smallest absolute Gasteiger partial charge is 0.256 e. The van der Waals surface area contributed by atoms with Crippen LogP contribution in [0.4, 0.5) is 5.82 Å². The third-order valence-corrected chi connectivity index (χ3v) is 6.22. The SMILES string of the molecule is COc1ccc(-c2c(C(=O)N3CCN(c4ccccn4)CC3)c3ccccc3n2C)cc1. The van der Waals surface area contributed by atoms with E-state index in [1.165, 1.54) is 0 Å². The van der Waals surface area contributed by atoms with Crippen molar-refractivity contribution < 1.29 is 9.53 Å². The van der Waals surface area contributed by atoms with Gasteiger partial charge in [-0.05, 0) is 48.0 Å². The maximum Gasteiger partial charge on any atom is 0.256 e. The molecule has 0 spiro atoms. The summed E-state index contributed by atoms with van der Waals surface area (Å²) in [6, 6.07) is 22.0. The van der Waals surface area contributed by atoms with Crippen molar-refractivity contribution in [2.75, 3.05) is 38.2 Å². The molecule has 1 fully saturated rings. The van der Waals surface area contributed by atoms with E-state index < -0.39 is 0 Å². The Morgan fingerprint density at radius 3 is 2.31 bits per heavy atom. The second-order valence-corrected chi connectivity index (χ2v) is 8.00. The molecule has 6 heteroatoms. The summed E-state index contributed by atoms with van der Waals surface area (Å²) in [6.07, 6.45) is 1.81. The first-order valence-electron chi connectivity index (χ1n) is 10.8. The van der Waals surface area contributed by atoms with Crippen molar-refractivity contribution in [3.8, 4) is 17.0 Å². The number of hydrogen-bond donors (Lipinski definition) is 0. The van der Waals surface area contributed by atoms with Crippen LogP contribution < -0.4 is 9.64 Å². The predicted molar refractivity (Wildman–Crippen MR) is 127 cm³/mol. The van der Waals surface area contributed by atoms with Crippen LogP contribution in [0.25, 0.3) is 22.2 Å². The van der Waals surface area contributed by atoms with Crippen LogP contribution in [-0.4, -0.2) is 53.6 Å². The summed E-state index contributed by atoms with van der Waals surface area (Å²) >= 11 is 0. The third kappa shape index (κ3) is 3.47. The average Bonchev–Trinajstić information content (AvgIpc) is 3.16. The maximum atomic E-state index is 13.8. The number of anilines is 1. The highest BCUT2D eigenvalue weighted by Gasteiger charge is 2.28. The average molecular weight is 427 g/mol. The number of aryl methyl sites for hydroxylation is 1. The Labute approximate surface area is 187 Å². The van der Waals surface area contributed by atoms with Crippen molar-refractivity contribution in [1.82, 2.24) is 14.5 Å². The molecule has 0 saturated carbocycles. The largest absolute Gasteiger partial charge is 0.497 e. The lowest BCUT2D eigenvalue weighted by Gasteiger charge is -2.35. The van der Waals surface area contributed by atoms with Gasteiger partial charge in [-0.2, -0.15) is 0 Å². The predicted octanol–water partition coefficient (Wildman–Crippen LogP) is 4.21. The van der Waals surface area contributed by atoms with E-state index in [-0.39, 0.29) is 5.91 Å². The molecule has 0 bridgehead atoms. The highest BCUT2D eigenvalue weighted by Crippen LogP contribution is 2.35. The standard InChI is InChI=1S/C26H26N4O2/c1-28-22-8-4-3-7-21(22)24(25(28)19-10-12-20(32-2)13-11-19)26(31)30-17-15-29(16-18-30)23-9-5-6-14-27-23/h3-14H,15-18H2,1-2H3. The van der Waals surface area contributed by atoms with Gasteiger partial charge in [0.25, 0.3) is 5.91 Å². The van der Waals surface area contributed by atoms with Crippen LogP contribution in [0.15, 0.2) is 72.9 Å². The van der Waals surface area contributed by atoms with Crippen molar-refractivity contribution in [2.45, 2.75) is 0 Å². The number of fused-ring (bicyclic) bond motifs is 1. The van der Waals surface area contributed by atoms with Crippen LogP contribution in [0.2, 0.25) is 0 Å². The maximum absolute atomic E-state index is 13.8. The van der Waals surface area contributed by atoms with Crippen LogP contribution >= 0.6 is 0 Å². The second kappa shape index (κ2) is 8.38. The van der Waals surface area contributed by atoms with Crippen molar-refractivity contribution in [3.63, 3.8) is 0 Å². The minimum absolute atomic E-state index is 0.0771. The number of benzene rings is 2. The van der Waals surface area contributed by atoms with E-state index in [0.717, 1.165) is 52.4 Å². The molecular formula is C26H26N4O2. The van der Waals surface area contributed by atoms with Crippen LogP contribution in [0.1, 0.15) is 10.4 Å². The van der Waals surface area contributed by atoms with Gasteiger partial charge in [0, 0.05) is 50.3 Å². The Morgan fingerprint density at radius 2 is 1.62 bits per heavy atom. The number of methoxy groups -OCH3 is 1. The number of piperazine rings is 1. The van der Waals surface area contributed by atoms with E-state index in [1.54, 1.807) is 7.11 Å². The fourth-order valence-corrected chi connectivity index (χ4v) is 4.53. The van der Waals surface area contributed by atoms with Crippen molar-refractivity contribution in [3.05, 3.63) is 78.5 Å². The number of pyridine rings is 1. The summed E-state index contributed by atoms with van der Waals surface area (Å²) in [7, 11) is 3.68. The van der Waals surface area contributed by atoms with Crippen LogP contribution in [0.5, 0.6) is 5.75 Å². The van der Waals surface area contributed by atoms with Crippen LogP contribution in [0, 0.1) is 0 Å². The first-order valence-corrected chi connectivity index (χ1v) is 10.8. The van der Waals surface area contributed by atoms with Gasteiger partial charge in [-0.1, -0.05) is 24.3 Å². The first kappa shape index (κ1) is 20.1. The molecule has 0 atom stereocenters. The normalized spacial score (nSPS) is 14.1. The number of amides is 1. The van der Waals surface area contributed by atoms with E-state index in [0.29, 0.717) is 13.1 Å². The molecule has 2 aromatic heterocycles. The molecule has 1 aliphatic heterocycles. The molecule has 162 valence electrons. The highest BCUT2D eigenvalue weighted by atomic mass is 16.5. The molecule has 0 radical (unpaired) electrons. The lowest BCUT2D eigenvalue weighted by Crippen LogP contribution is -2.49.